The molecule has 0 fully saturated rings. The van der Waals surface area contributed by atoms with Crippen LogP contribution in [0.1, 0.15) is 39.0 Å². The van der Waals surface area contributed by atoms with Gasteiger partial charge in [0.2, 0.25) is 11.8 Å². The molecular formula is C16H34N4O3S2. The van der Waals surface area contributed by atoms with Crippen LogP contribution in [0.25, 0.3) is 0 Å². The molecule has 0 unspecified atom stereocenters. The SMILES string of the molecule is CCNCCSSCCOCNCCCCCNC(=O)CCC(N)=O. The molecule has 5 N–H and O–H groups in total. The summed E-state index contributed by atoms with van der Waals surface area (Å²) in [6.07, 6.45) is 3.33. The van der Waals surface area contributed by atoms with Crippen molar-refractivity contribution >= 4 is 33.4 Å². The van der Waals surface area contributed by atoms with Gasteiger partial charge < -0.3 is 21.1 Å². The van der Waals surface area contributed by atoms with E-state index in [-0.39, 0.29) is 18.7 Å². The second-order valence-corrected chi connectivity index (χ2v) is 8.13. The molecule has 0 aromatic heterocycles. The van der Waals surface area contributed by atoms with Gasteiger partial charge in [0, 0.05) is 37.4 Å². The molecule has 0 atom stereocenters. The summed E-state index contributed by atoms with van der Waals surface area (Å²) in [4.78, 5) is 21.9. The van der Waals surface area contributed by atoms with Crippen LogP contribution in [0.2, 0.25) is 0 Å². The van der Waals surface area contributed by atoms with Gasteiger partial charge in [0.15, 0.2) is 0 Å². The van der Waals surface area contributed by atoms with Crippen molar-refractivity contribution in [1.82, 2.24) is 16.0 Å². The second-order valence-electron chi connectivity index (χ2n) is 5.43. The molecule has 0 radical (unpaired) electrons. The normalized spacial score (nSPS) is 10.8. The first-order chi connectivity index (χ1) is 12.2. The van der Waals surface area contributed by atoms with Gasteiger partial charge >= 0.3 is 0 Å². The Morgan fingerprint density at radius 1 is 0.960 bits per heavy atom. The van der Waals surface area contributed by atoms with E-state index in [0.29, 0.717) is 13.3 Å². The van der Waals surface area contributed by atoms with Gasteiger partial charge in [-0.05, 0) is 25.9 Å². The lowest BCUT2D eigenvalue weighted by Crippen LogP contribution is -2.26. The number of amides is 2. The Morgan fingerprint density at radius 2 is 1.72 bits per heavy atom. The zero-order valence-electron chi connectivity index (χ0n) is 15.3. The predicted octanol–water partition coefficient (Wildman–Crippen LogP) is 1.09. The molecule has 0 aliphatic rings. The molecular weight excluding hydrogens is 360 g/mol. The molecule has 9 heteroatoms. The van der Waals surface area contributed by atoms with Crippen LogP contribution >= 0.6 is 21.6 Å². The highest BCUT2D eigenvalue weighted by atomic mass is 33.1. The molecule has 0 aromatic carbocycles. The first-order valence-electron chi connectivity index (χ1n) is 8.95. The Kier molecular flexibility index (Phi) is 19.5. The van der Waals surface area contributed by atoms with Gasteiger partial charge in [-0.15, -0.1) is 0 Å². The number of carbonyl (C=O) groups is 2. The highest BCUT2D eigenvalue weighted by Crippen LogP contribution is 2.19. The maximum Gasteiger partial charge on any atom is 0.220 e. The van der Waals surface area contributed by atoms with Gasteiger partial charge in [-0.2, -0.15) is 0 Å². The van der Waals surface area contributed by atoms with Crippen LogP contribution in [0.15, 0.2) is 0 Å². The summed E-state index contributed by atoms with van der Waals surface area (Å²) < 4.78 is 5.51. The number of unbranched alkanes of at least 4 members (excludes halogenated alkanes) is 2. The van der Waals surface area contributed by atoms with Gasteiger partial charge in [-0.1, -0.05) is 34.9 Å². The van der Waals surface area contributed by atoms with Gasteiger partial charge in [0.1, 0.15) is 0 Å². The van der Waals surface area contributed by atoms with Crippen LogP contribution < -0.4 is 21.7 Å². The first-order valence-corrected chi connectivity index (χ1v) is 11.4. The van der Waals surface area contributed by atoms with Crippen molar-refractivity contribution in [2.24, 2.45) is 5.73 Å². The molecule has 0 heterocycles. The number of primary amides is 1. The number of rotatable bonds is 19. The summed E-state index contributed by atoms with van der Waals surface area (Å²) in [5.41, 5.74) is 4.99. The van der Waals surface area contributed by atoms with Crippen LogP contribution in [-0.4, -0.2) is 62.8 Å². The van der Waals surface area contributed by atoms with Crippen LogP contribution in [0.3, 0.4) is 0 Å². The fourth-order valence-corrected chi connectivity index (χ4v) is 3.63. The molecule has 0 aliphatic heterocycles. The fourth-order valence-electron chi connectivity index (χ4n) is 1.82. The lowest BCUT2D eigenvalue weighted by Gasteiger charge is -2.07. The molecule has 25 heavy (non-hydrogen) atoms. The smallest absolute Gasteiger partial charge is 0.220 e. The van der Waals surface area contributed by atoms with E-state index in [2.05, 4.69) is 22.9 Å². The minimum atomic E-state index is -0.440. The minimum Gasteiger partial charge on any atom is -0.370 e. The average Bonchev–Trinajstić information content (AvgIpc) is 2.59. The van der Waals surface area contributed by atoms with E-state index >= 15 is 0 Å². The highest BCUT2D eigenvalue weighted by Gasteiger charge is 2.02. The molecule has 0 saturated carbocycles. The van der Waals surface area contributed by atoms with Crippen molar-refractivity contribution in [3.8, 4) is 0 Å². The third-order valence-electron chi connectivity index (χ3n) is 3.16. The average molecular weight is 395 g/mol. The van der Waals surface area contributed by atoms with E-state index in [4.69, 9.17) is 10.5 Å². The first kappa shape index (κ1) is 24.5. The van der Waals surface area contributed by atoms with E-state index in [1.165, 1.54) is 0 Å². The third-order valence-corrected chi connectivity index (χ3v) is 5.53. The van der Waals surface area contributed by atoms with Crippen molar-refractivity contribution in [3.63, 3.8) is 0 Å². The van der Waals surface area contributed by atoms with E-state index in [1.807, 2.05) is 21.6 Å². The predicted molar refractivity (Wildman–Crippen MR) is 108 cm³/mol. The topological polar surface area (TPSA) is 105 Å². The Labute approximate surface area is 159 Å². The van der Waals surface area contributed by atoms with Crippen LogP contribution in [0.5, 0.6) is 0 Å². The number of nitrogens with one attached hydrogen (secondary N) is 3. The summed E-state index contributed by atoms with van der Waals surface area (Å²) in [6.45, 7) is 7.14. The monoisotopic (exact) mass is 394 g/mol. The zero-order chi connectivity index (χ0) is 18.6. The van der Waals surface area contributed by atoms with E-state index < -0.39 is 5.91 Å². The second kappa shape index (κ2) is 19.8. The number of hydrogen-bond donors (Lipinski definition) is 4. The van der Waals surface area contributed by atoms with Gasteiger partial charge in [0.05, 0.1) is 13.3 Å². The van der Waals surface area contributed by atoms with Gasteiger partial charge in [-0.25, -0.2) is 0 Å². The third kappa shape index (κ3) is 21.5. The van der Waals surface area contributed by atoms with Crippen LogP contribution in [0.4, 0.5) is 0 Å². The molecule has 0 saturated heterocycles. The fraction of sp³-hybridized carbons (Fsp3) is 0.875. The maximum atomic E-state index is 11.3. The Morgan fingerprint density at radius 3 is 2.48 bits per heavy atom. The van der Waals surface area contributed by atoms with Gasteiger partial charge in [0.25, 0.3) is 0 Å². The van der Waals surface area contributed by atoms with Crippen molar-refractivity contribution in [1.29, 1.82) is 0 Å². The lowest BCUT2D eigenvalue weighted by atomic mass is 10.2. The minimum absolute atomic E-state index is 0.108. The number of carbonyl (C=O) groups excluding carboxylic acids is 2. The summed E-state index contributed by atoms with van der Waals surface area (Å²) in [6, 6.07) is 0. The highest BCUT2D eigenvalue weighted by molar-refractivity contribution is 8.76. The number of ether oxygens (including phenoxy) is 1. The van der Waals surface area contributed by atoms with Crippen molar-refractivity contribution < 1.29 is 14.3 Å². The van der Waals surface area contributed by atoms with Crippen molar-refractivity contribution in [2.45, 2.75) is 39.0 Å². The standard InChI is InChI=1S/C16H34N4O3S2/c1-2-18-10-12-24-25-13-11-23-14-19-8-4-3-5-9-20-16(22)7-6-15(17)21/h18-19H,2-14H2,1H3,(H2,17,21)(H,20,22). The van der Waals surface area contributed by atoms with Crippen LogP contribution in [-0.2, 0) is 14.3 Å². The van der Waals surface area contributed by atoms with Crippen molar-refractivity contribution in [2.75, 3.05) is 51.0 Å². The molecule has 2 amide bonds. The Hall–Kier alpha value is -0.480. The maximum absolute atomic E-state index is 11.3. The van der Waals surface area contributed by atoms with Crippen molar-refractivity contribution in [3.05, 3.63) is 0 Å². The van der Waals surface area contributed by atoms with E-state index in [0.717, 1.165) is 57.0 Å². The zero-order valence-corrected chi connectivity index (χ0v) is 16.9. The summed E-state index contributed by atoms with van der Waals surface area (Å²) >= 11 is 0. The molecule has 0 rings (SSSR count). The largest absolute Gasteiger partial charge is 0.370 e. The Bertz CT molecular complexity index is 337. The van der Waals surface area contributed by atoms with Gasteiger partial charge in [-0.3, -0.25) is 14.9 Å². The molecule has 148 valence electrons. The number of hydrogen-bond acceptors (Lipinski definition) is 7. The lowest BCUT2D eigenvalue weighted by molar-refractivity contribution is -0.125. The summed E-state index contributed by atoms with van der Waals surface area (Å²) in [5.74, 6) is 1.59. The molecule has 0 spiro atoms. The summed E-state index contributed by atoms with van der Waals surface area (Å²) in [7, 11) is 3.73. The number of nitrogens with two attached hydrogens (primary N) is 1. The van der Waals surface area contributed by atoms with E-state index in [1.54, 1.807) is 0 Å². The quantitative estimate of drug-likeness (QED) is 0.148. The van der Waals surface area contributed by atoms with E-state index in [9.17, 15) is 9.59 Å². The van der Waals surface area contributed by atoms with Crippen LogP contribution in [0, 0.1) is 0 Å². The Balaban J connectivity index is 3.09. The molecule has 0 aliphatic carbocycles. The molecule has 0 bridgehead atoms. The molecule has 7 nitrogen and oxygen atoms in total. The molecule has 0 aromatic rings. The summed E-state index contributed by atoms with van der Waals surface area (Å²) in [5, 5.41) is 9.33.